The van der Waals surface area contributed by atoms with Crippen molar-refractivity contribution in [3.63, 3.8) is 0 Å². The highest BCUT2D eigenvalue weighted by Gasteiger charge is 2.14. The van der Waals surface area contributed by atoms with Gasteiger partial charge in [0.2, 0.25) is 0 Å². The molecule has 1 atom stereocenters. The van der Waals surface area contributed by atoms with Gasteiger partial charge in [-0.15, -0.1) is 11.6 Å². The molecule has 0 heterocycles. The van der Waals surface area contributed by atoms with Crippen LogP contribution in [0.4, 0.5) is 8.78 Å². The third-order valence-electron chi connectivity index (χ3n) is 2.39. The molecule has 0 saturated heterocycles. The van der Waals surface area contributed by atoms with Gasteiger partial charge in [-0.2, -0.15) is 0 Å². The smallest absolute Gasteiger partial charge is 0.123 e. The molecule has 0 spiro atoms. The normalized spacial score (nSPS) is 12.5. The Morgan fingerprint density at radius 1 is 0.941 bits per heavy atom. The Morgan fingerprint density at radius 2 is 1.53 bits per heavy atom. The van der Waals surface area contributed by atoms with E-state index in [0.717, 1.165) is 10.0 Å². The van der Waals surface area contributed by atoms with Crippen LogP contribution >= 0.6 is 27.5 Å². The molecule has 0 nitrogen and oxygen atoms in total. The molecule has 2 rings (SSSR count). The van der Waals surface area contributed by atoms with Crippen molar-refractivity contribution in [2.45, 2.75) is 5.38 Å². The van der Waals surface area contributed by atoms with Gasteiger partial charge in [-0.25, -0.2) is 8.78 Å². The highest BCUT2D eigenvalue weighted by atomic mass is 79.9. The molecule has 0 aromatic heterocycles. The first kappa shape index (κ1) is 12.5. The zero-order valence-electron chi connectivity index (χ0n) is 8.63. The zero-order valence-corrected chi connectivity index (χ0v) is 11.0. The molecule has 1 unspecified atom stereocenters. The minimum absolute atomic E-state index is 0.323. The highest BCUT2D eigenvalue weighted by Crippen LogP contribution is 2.34. The summed E-state index contributed by atoms with van der Waals surface area (Å²) in [7, 11) is 0. The monoisotopic (exact) mass is 316 g/mol. The van der Waals surface area contributed by atoms with E-state index < -0.39 is 5.38 Å². The minimum atomic E-state index is -0.513. The van der Waals surface area contributed by atoms with E-state index in [-0.39, 0.29) is 11.6 Å². The summed E-state index contributed by atoms with van der Waals surface area (Å²) in [6.45, 7) is 0. The average Bonchev–Trinajstić information content (AvgIpc) is 2.32. The summed E-state index contributed by atoms with van der Waals surface area (Å²) in [5, 5.41) is -0.513. The summed E-state index contributed by atoms with van der Waals surface area (Å²) in [6.07, 6.45) is 0. The first-order valence-corrected chi connectivity index (χ1v) is 6.15. The van der Waals surface area contributed by atoms with Crippen molar-refractivity contribution in [3.05, 3.63) is 69.7 Å². The molecule has 88 valence electrons. The Balaban J connectivity index is 2.39. The molecule has 2 aromatic rings. The molecule has 17 heavy (non-hydrogen) atoms. The minimum Gasteiger partial charge on any atom is -0.207 e. The molecule has 0 radical (unpaired) electrons. The molecule has 0 fully saturated rings. The maximum Gasteiger partial charge on any atom is 0.123 e. The molecule has 0 aliphatic rings. The van der Waals surface area contributed by atoms with Gasteiger partial charge in [-0.1, -0.05) is 28.1 Å². The molecule has 2 aromatic carbocycles. The lowest BCUT2D eigenvalue weighted by Crippen LogP contribution is -1.95. The van der Waals surface area contributed by atoms with Gasteiger partial charge in [0.1, 0.15) is 11.6 Å². The fourth-order valence-corrected chi connectivity index (χ4v) is 2.45. The lowest BCUT2D eigenvalue weighted by Gasteiger charge is -2.12. The van der Waals surface area contributed by atoms with Crippen LogP contribution in [-0.4, -0.2) is 0 Å². The molecule has 0 bridgehead atoms. The molecule has 0 saturated carbocycles. The second-order valence-electron chi connectivity index (χ2n) is 3.58. The van der Waals surface area contributed by atoms with Crippen LogP contribution in [0.1, 0.15) is 16.5 Å². The van der Waals surface area contributed by atoms with Crippen LogP contribution in [0.15, 0.2) is 46.9 Å². The van der Waals surface area contributed by atoms with Crippen LogP contribution in [0.25, 0.3) is 0 Å². The fourth-order valence-electron chi connectivity index (χ4n) is 1.52. The lowest BCUT2D eigenvalue weighted by atomic mass is 10.0. The summed E-state index contributed by atoms with van der Waals surface area (Å²) < 4.78 is 26.7. The summed E-state index contributed by atoms with van der Waals surface area (Å²) in [5.74, 6) is -0.674. The van der Waals surface area contributed by atoms with E-state index in [0.29, 0.717) is 5.56 Å². The van der Waals surface area contributed by atoms with E-state index in [9.17, 15) is 8.78 Å². The van der Waals surface area contributed by atoms with Crippen LogP contribution in [0, 0.1) is 11.6 Å². The van der Waals surface area contributed by atoms with Crippen LogP contribution in [-0.2, 0) is 0 Å². The Morgan fingerprint density at radius 3 is 2.18 bits per heavy atom. The van der Waals surface area contributed by atoms with Crippen LogP contribution in [0.2, 0.25) is 0 Å². The molecular formula is C13H8BrClF2. The summed E-state index contributed by atoms with van der Waals surface area (Å²) >= 11 is 9.56. The van der Waals surface area contributed by atoms with Gasteiger partial charge in [-0.3, -0.25) is 0 Å². The largest absolute Gasteiger partial charge is 0.207 e. The summed E-state index contributed by atoms with van der Waals surface area (Å²) in [6, 6.07) is 10.2. The van der Waals surface area contributed by atoms with E-state index in [1.54, 1.807) is 18.2 Å². The molecule has 4 heteroatoms. The molecule has 0 aliphatic heterocycles. The fraction of sp³-hybridized carbons (Fsp3) is 0.0769. The Hall–Kier alpha value is -0.930. The maximum absolute atomic E-state index is 13.1. The van der Waals surface area contributed by atoms with Crippen LogP contribution in [0.3, 0.4) is 0 Å². The van der Waals surface area contributed by atoms with Crippen LogP contribution < -0.4 is 0 Å². The van der Waals surface area contributed by atoms with Crippen molar-refractivity contribution in [3.8, 4) is 0 Å². The van der Waals surface area contributed by atoms with Crippen molar-refractivity contribution in [2.75, 3.05) is 0 Å². The van der Waals surface area contributed by atoms with Crippen molar-refractivity contribution in [2.24, 2.45) is 0 Å². The third kappa shape index (κ3) is 2.85. The van der Waals surface area contributed by atoms with Crippen molar-refractivity contribution in [1.82, 2.24) is 0 Å². The highest BCUT2D eigenvalue weighted by molar-refractivity contribution is 9.10. The van der Waals surface area contributed by atoms with Crippen molar-refractivity contribution < 1.29 is 8.78 Å². The lowest BCUT2D eigenvalue weighted by molar-refractivity contribution is 0.624. The van der Waals surface area contributed by atoms with E-state index >= 15 is 0 Å². The van der Waals surface area contributed by atoms with Gasteiger partial charge in [-0.05, 0) is 41.5 Å². The third-order valence-corrected chi connectivity index (χ3v) is 3.60. The topological polar surface area (TPSA) is 0 Å². The second kappa shape index (κ2) is 5.15. The van der Waals surface area contributed by atoms with E-state index in [2.05, 4.69) is 15.9 Å². The standard InChI is InChI=1S/C13H8BrClF2/c14-12-6-5-10(17)7-11(12)13(15)8-1-3-9(16)4-2-8/h1-7,13H. The first-order valence-electron chi connectivity index (χ1n) is 4.92. The van der Waals surface area contributed by atoms with Gasteiger partial charge in [0.05, 0.1) is 5.38 Å². The van der Waals surface area contributed by atoms with Gasteiger partial charge in [0.15, 0.2) is 0 Å². The predicted octanol–water partition coefficient (Wildman–Crippen LogP) is 5.06. The summed E-state index contributed by atoms with van der Waals surface area (Å²) in [5.41, 5.74) is 1.35. The van der Waals surface area contributed by atoms with Gasteiger partial charge >= 0.3 is 0 Å². The van der Waals surface area contributed by atoms with E-state index in [1.807, 2.05) is 0 Å². The number of benzene rings is 2. The SMILES string of the molecule is Fc1ccc(C(Cl)c2cc(F)ccc2Br)cc1. The Bertz CT molecular complexity index is 525. The zero-order chi connectivity index (χ0) is 12.4. The maximum atomic E-state index is 13.1. The van der Waals surface area contributed by atoms with Gasteiger partial charge in [0.25, 0.3) is 0 Å². The number of hydrogen-bond acceptors (Lipinski definition) is 0. The molecule has 0 aliphatic carbocycles. The number of hydrogen-bond donors (Lipinski definition) is 0. The first-order chi connectivity index (χ1) is 8.08. The predicted molar refractivity (Wildman–Crippen MR) is 68.2 cm³/mol. The Labute approximate surface area is 111 Å². The van der Waals surface area contributed by atoms with E-state index in [1.165, 1.54) is 24.3 Å². The molecule has 0 N–H and O–H groups in total. The summed E-state index contributed by atoms with van der Waals surface area (Å²) in [4.78, 5) is 0. The Kier molecular flexibility index (Phi) is 3.79. The van der Waals surface area contributed by atoms with Gasteiger partial charge < -0.3 is 0 Å². The van der Waals surface area contributed by atoms with Crippen molar-refractivity contribution in [1.29, 1.82) is 0 Å². The quantitative estimate of drug-likeness (QED) is 0.680. The second-order valence-corrected chi connectivity index (χ2v) is 4.87. The number of rotatable bonds is 2. The average molecular weight is 318 g/mol. The van der Waals surface area contributed by atoms with Gasteiger partial charge in [0, 0.05) is 4.47 Å². The van der Waals surface area contributed by atoms with E-state index in [4.69, 9.17) is 11.6 Å². The van der Waals surface area contributed by atoms with Crippen molar-refractivity contribution >= 4 is 27.5 Å². The number of alkyl halides is 1. The molecule has 0 amide bonds. The van der Waals surface area contributed by atoms with Crippen LogP contribution in [0.5, 0.6) is 0 Å². The number of halogens is 4. The molecular weight excluding hydrogens is 309 g/mol.